The summed E-state index contributed by atoms with van der Waals surface area (Å²) in [7, 11) is -0.472. The van der Waals surface area contributed by atoms with Crippen molar-refractivity contribution in [2.45, 2.75) is 42.9 Å². The molecule has 0 aliphatic rings. The van der Waals surface area contributed by atoms with Crippen molar-refractivity contribution in [1.29, 1.82) is 0 Å². The molecule has 0 aliphatic heterocycles. The fourth-order valence-electron chi connectivity index (χ4n) is 2.04. The summed E-state index contributed by atoms with van der Waals surface area (Å²) in [6.07, 6.45) is 1.75. The highest BCUT2D eigenvalue weighted by Crippen LogP contribution is 2.49. The zero-order chi connectivity index (χ0) is 17.9. The first-order chi connectivity index (χ1) is 10.5. The Labute approximate surface area is 151 Å². The van der Waals surface area contributed by atoms with Gasteiger partial charge in [0, 0.05) is 0 Å². The highest BCUT2D eigenvalue weighted by molar-refractivity contribution is 7.02. The van der Waals surface area contributed by atoms with E-state index < -0.39 is 12.0 Å². The van der Waals surface area contributed by atoms with E-state index in [2.05, 4.69) is 45.4 Å². The molecule has 0 bridgehead atoms. The fourth-order valence-corrected chi connectivity index (χ4v) is 5.84. The van der Waals surface area contributed by atoms with Crippen LogP contribution in [0.1, 0.15) is 26.3 Å². The molecule has 0 heterocycles. The van der Waals surface area contributed by atoms with Crippen LogP contribution in [0.25, 0.3) is 0 Å². The predicted molar refractivity (Wildman–Crippen MR) is 106 cm³/mol. The smallest absolute Gasteiger partial charge is 0.148 e. The van der Waals surface area contributed by atoms with Gasteiger partial charge in [0.25, 0.3) is 0 Å². The predicted octanol–water partition coefficient (Wildman–Crippen LogP) is 5.89. The molecule has 0 atom stereocenters. The Bertz CT molecular complexity index is 572. The van der Waals surface area contributed by atoms with Crippen LogP contribution in [0, 0.1) is 0 Å². The van der Waals surface area contributed by atoms with E-state index in [0.29, 0.717) is 6.54 Å². The molecule has 0 aliphatic carbocycles. The lowest BCUT2D eigenvalue weighted by Gasteiger charge is -2.45. The summed E-state index contributed by atoms with van der Waals surface area (Å²) in [6, 6.07) is 7.70. The van der Waals surface area contributed by atoms with Gasteiger partial charge in [-0.2, -0.15) is 0 Å². The topological polar surface area (TPSA) is 21.6 Å². The van der Waals surface area contributed by atoms with E-state index in [4.69, 9.17) is 27.9 Å². The van der Waals surface area contributed by atoms with Crippen LogP contribution in [-0.4, -0.2) is 31.4 Å². The lowest BCUT2D eigenvalue weighted by atomic mass is 10.1. The van der Waals surface area contributed by atoms with Crippen molar-refractivity contribution in [1.82, 2.24) is 0 Å². The molecule has 0 N–H and O–H groups in total. The van der Waals surface area contributed by atoms with Crippen molar-refractivity contribution in [3.8, 4) is 5.75 Å². The molecule has 128 valence electrons. The number of alkyl halides is 2. The van der Waals surface area contributed by atoms with Crippen LogP contribution >= 0.6 is 23.2 Å². The van der Waals surface area contributed by atoms with Gasteiger partial charge in [-0.05, 0) is 34.9 Å². The Morgan fingerprint density at radius 1 is 1.22 bits per heavy atom. The molecule has 0 saturated heterocycles. The standard InChI is InChI=1S/C18H27Cl2NOSi/c1-8-13-21-16(14-9-11-15(22-5)12-10-14)18(19,20)23(6,7)17(2,3)4/h8-12H,1,13H2,2-7H3. The average molecular weight is 372 g/mol. The van der Waals surface area contributed by atoms with Crippen molar-refractivity contribution >= 4 is 37.0 Å². The SMILES string of the molecule is C=CCN=C(c1ccc(OC)cc1)C(Cl)(Cl)[Si](C)(C)C(C)(C)C. The number of rotatable bonds is 6. The third-order valence-electron chi connectivity index (χ3n) is 4.70. The van der Waals surface area contributed by atoms with Crippen molar-refractivity contribution in [3.05, 3.63) is 42.5 Å². The number of ether oxygens (including phenoxy) is 1. The molecular weight excluding hydrogens is 345 g/mol. The molecule has 23 heavy (non-hydrogen) atoms. The van der Waals surface area contributed by atoms with Gasteiger partial charge in [-0.15, -0.1) is 6.58 Å². The van der Waals surface area contributed by atoms with Crippen molar-refractivity contribution in [2.75, 3.05) is 13.7 Å². The summed E-state index contributed by atoms with van der Waals surface area (Å²) < 4.78 is 4.21. The summed E-state index contributed by atoms with van der Waals surface area (Å²) in [5, 5.41) is 0.0257. The van der Waals surface area contributed by atoms with E-state index in [1.54, 1.807) is 13.2 Å². The number of halogens is 2. The largest absolute Gasteiger partial charge is 0.497 e. The van der Waals surface area contributed by atoms with Crippen LogP contribution in [0.4, 0.5) is 0 Å². The molecular formula is C18H27Cl2NOSi. The lowest BCUT2D eigenvalue weighted by molar-refractivity contribution is 0.415. The Morgan fingerprint density at radius 2 is 1.74 bits per heavy atom. The summed E-state index contributed by atoms with van der Waals surface area (Å²) in [5.74, 6) is 0.791. The van der Waals surface area contributed by atoms with Gasteiger partial charge in [-0.1, -0.05) is 63.1 Å². The summed E-state index contributed by atoms with van der Waals surface area (Å²) in [4.78, 5) is 4.65. The molecule has 0 saturated carbocycles. The number of hydrogen-bond acceptors (Lipinski definition) is 2. The van der Waals surface area contributed by atoms with Crippen LogP contribution in [-0.2, 0) is 0 Å². The van der Waals surface area contributed by atoms with Crippen molar-refractivity contribution < 1.29 is 4.74 Å². The Hall–Kier alpha value is -0.773. The van der Waals surface area contributed by atoms with Crippen LogP contribution in [0.2, 0.25) is 18.1 Å². The monoisotopic (exact) mass is 371 g/mol. The molecule has 1 aromatic carbocycles. The molecule has 0 amide bonds. The van der Waals surface area contributed by atoms with E-state index in [9.17, 15) is 0 Å². The van der Waals surface area contributed by atoms with Gasteiger partial charge in [0.05, 0.1) is 19.4 Å². The summed E-state index contributed by atoms with van der Waals surface area (Å²) in [6.45, 7) is 15.2. The third kappa shape index (κ3) is 4.20. The van der Waals surface area contributed by atoms with Gasteiger partial charge in [-0.3, -0.25) is 4.99 Å². The second-order valence-electron chi connectivity index (χ2n) is 7.16. The van der Waals surface area contributed by atoms with Gasteiger partial charge in [0.15, 0.2) is 0 Å². The van der Waals surface area contributed by atoms with E-state index >= 15 is 0 Å². The van der Waals surface area contributed by atoms with Crippen LogP contribution in [0.5, 0.6) is 5.75 Å². The number of hydrogen-bond donors (Lipinski definition) is 0. The van der Waals surface area contributed by atoms with E-state index in [0.717, 1.165) is 17.0 Å². The maximum absolute atomic E-state index is 6.95. The summed E-state index contributed by atoms with van der Waals surface area (Å²) >= 11 is 13.9. The maximum Gasteiger partial charge on any atom is 0.148 e. The number of aliphatic imine (C=N–C) groups is 1. The maximum atomic E-state index is 6.95. The number of methoxy groups -OCH3 is 1. The fraction of sp³-hybridized carbons (Fsp3) is 0.500. The van der Waals surface area contributed by atoms with E-state index in [1.807, 2.05) is 24.3 Å². The van der Waals surface area contributed by atoms with Gasteiger partial charge < -0.3 is 4.74 Å². The number of nitrogens with zero attached hydrogens (tertiary/aromatic N) is 1. The quantitative estimate of drug-likeness (QED) is 0.264. The summed E-state index contributed by atoms with van der Waals surface area (Å²) in [5.41, 5.74) is 1.64. The van der Waals surface area contributed by atoms with Crippen molar-refractivity contribution in [3.63, 3.8) is 0 Å². The van der Waals surface area contributed by atoms with Gasteiger partial charge in [0.2, 0.25) is 0 Å². The minimum absolute atomic E-state index is 0.0257. The van der Waals surface area contributed by atoms with Crippen LogP contribution < -0.4 is 4.74 Å². The Morgan fingerprint density at radius 3 is 2.13 bits per heavy atom. The average Bonchev–Trinajstić information content (AvgIpc) is 2.46. The molecule has 1 aromatic rings. The zero-order valence-corrected chi connectivity index (χ0v) is 17.4. The minimum atomic E-state index is -2.12. The molecule has 5 heteroatoms. The first-order valence-electron chi connectivity index (χ1n) is 7.67. The molecule has 0 radical (unpaired) electrons. The van der Waals surface area contributed by atoms with Gasteiger partial charge in [-0.25, -0.2) is 0 Å². The highest BCUT2D eigenvalue weighted by atomic mass is 35.5. The zero-order valence-electron chi connectivity index (χ0n) is 14.9. The van der Waals surface area contributed by atoms with Crippen molar-refractivity contribution in [2.24, 2.45) is 4.99 Å². The molecule has 0 spiro atoms. The van der Waals surface area contributed by atoms with Crippen LogP contribution in [0.3, 0.4) is 0 Å². The highest BCUT2D eigenvalue weighted by Gasteiger charge is 2.54. The van der Waals surface area contributed by atoms with E-state index in [-0.39, 0.29) is 5.04 Å². The lowest BCUT2D eigenvalue weighted by Crippen LogP contribution is -2.57. The molecule has 1 rings (SSSR count). The molecule has 2 nitrogen and oxygen atoms in total. The normalized spacial score (nSPS) is 13.8. The minimum Gasteiger partial charge on any atom is -0.497 e. The Kier molecular flexibility index (Phi) is 6.53. The van der Waals surface area contributed by atoms with Gasteiger partial charge >= 0.3 is 0 Å². The molecule has 0 unspecified atom stereocenters. The Balaban J connectivity index is 3.43. The first kappa shape index (κ1) is 20.3. The second kappa shape index (κ2) is 7.41. The third-order valence-corrected chi connectivity index (χ3v) is 13.4. The second-order valence-corrected chi connectivity index (χ2v) is 14.6. The van der Waals surface area contributed by atoms with Crippen LogP contribution in [0.15, 0.2) is 41.9 Å². The van der Waals surface area contributed by atoms with E-state index in [1.165, 1.54) is 0 Å². The number of benzene rings is 1. The molecule has 0 aromatic heterocycles. The molecule has 0 fully saturated rings. The first-order valence-corrected chi connectivity index (χ1v) is 11.4. The van der Waals surface area contributed by atoms with Gasteiger partial charge in [0.1, 0.15) is 17.8 Å².